The third-order valence-corrected chi connectivity index (χ3v) is 2.66. The standard InChI is InChI=1S/C11H9BrF5NO3/c1-2-20-10(19)5-3-6(9(13)14)18-7(4-12)8(5)21-11(15,16)17/h3,9H,2,4H2,1H3. The number of carbonyl (C=O) groups excluding carboxylic acids is 1. The summed E-state index contributed by atoms with van der Waals surface area (Å²) in [6.07, 6.45) is -8.16. The summed E-state index contributed by atoms with van der Waals surface area (Å²) in [6, 6.07) is 0.524. The number of nitrogens with zero attached hydrogens (tertiary/aromatic N) is 1. The van der Waals surface area contributed by atoms with Gasteiger partial charge in [0.2, 0.25) is 0 Å². The van der Waals surface area contributed by atoms with Crippen molar-refractivity contribution in [3.8, 4) is 5.75 Å². The van der Waals surface area contributed by atoms with E-state index in [2.05, 4.69) is 30.4 Å². The number of hydrogen-bond acceptors (Lipinski definition) is 4. The molecule has 0 aliphatic carbocycles. The molecule has 1 aromatic rings. The Morgan fingerprint density at radius 3 is 2.48 bits per heavy atom. The summed E-state index contributed by atoms with van der Waals surface area (Å²) in [4.78, 5) is 15.0. The normalized spacial score (nSPS) is 11.6. The fraction of sp³-hybridized carbons (Fsp3) is 0.455. The average molecular weight is 378 g/mol. The predicted molar refractivity (Wildman–Crippen MR) is 64.5 cm³/mol. The largest absolute Gasteiger partial charge is 0.573 e. The van der Waals surface area contributed by atoms with Crippen LogP contribution >= 0.6 is 15.9 Å². The van der Waals surface area contributed by atoms with Crippen LogP contribution in [0.3, 0.4) is 0 Å². The average Bonchev–Trinajstić information content (AvgIpc) is 2.36. The van der Waals surface area contributed by atoms with E-state index >= 15 is 0 Å². The van der Waals surface area contributed by atoms with E-state index in [1.54, 1.807) is 0 Å². The van der Waals surface area contributed by atoms with Gasteiger partial charge < -0.3 is 9.47 Å². The number of pyridine rings is 1. The SMILES string of the molecule is CCOC(=O)c1cc(C(F)F)nc(CBr)c1OC(F)(F)F. The monoisotopic (exact) mass is 377 g/mol. The number of hydrogen-bond donors (Lipinski definition) is 0. The van der Waals surface area contributed by atoms with Crippen molar-refractivity contribution in [2.75, 3.05) is 6.61 Å². The summed E-state index contributed by atoms with van der Waals surface area (Å²) in [7, 11) is 0. The zero-order chi connectivity index (χ0) is 16.2. The van der Waals surface area contributed by atoms with Crippen molar-refractivity contribution >= 4 is 21.9 Å². The van der Waals surface area contributed by atoms with Gasteiger partial charge in [-0.1, -0.05) is 15.9 Å². The molecular formula is C11H9BrF5NO3. The summed E-state index contributed by atoms with van der Waals surface area (Å²) in [5.74, 6) is -2.16. The van der Waals surface area contributed by atoms with Gasteiger partial charge in [-0.25, -0.2) is 18.6 Å². The molecule has 0 N–H and O–H groups in total. The fourth-order valence-corrected chi connectivity index (χ4v) is 1.78. The minimum atomic E-state index is -5.10. The molecule has 0 atom stereocenters. The van der Waals surface area contributed by atoms with Crippen LogP contribution in [0.4, 0.5) is 22.0 Å². The van der Waals surface area contributed by atoms with Crippen LogP contribution in [0.5, 0.6) is 5.75 Å². The second-order valence-corrected chi connectivity index (χ2v) is 4.13. The Labute approximate surface area is 124 Å². The van der Waals surface area contributed by atoms with Gasteiger partial charge in [0.25, 0.3) is 6.43 Å². The van der Waals surface area contributed by atoms with Gasteiger partial charge in [-0.3, -0.25) is 0 Å². The highest BCUT2D eigenvalue weighted by atomic mass is 79.9. The summed E-state index contributed by atoms with van der Waals surface area (Å²) in [5.41, 5.74) is -2.08. The maximum atomic E-state index is 12.7. The van der Waals surface area contributed by atoms with Gasteiger partial charge in [0, 0.05) is 5.33 Å². The first kappa shape index (κ1) is 17.6. The minimum absolute atomic E-state index is 0.139. The van der Waals surface area contributed by atoms with Crippen molar-refractivity contribution in [2.24, 2.45) is 0 Å². The molecule has 118 valence electrons. The highest BCUT2D eigenvalue weighted by Crippen LogP contribution is 2.33. The summed E-state index contributed by atoms with van der Waals surface area (Å²) < 4.78 is 70.8. The van der Waals surface area contributed by atoms with Crippen LogP contribution in [-0.4, -0.2) is 23.9 Å². The molecule has 0 aliphatic heterocycles. The molecule has 1 aromatic heterocycles. The van der Waals surface area contributed by atoms with E-state index < -0.39 is 41.5 Å². The van der Waals surface area contributed by atoms with Crippen molar-refractivity contribution in [1.29, 1.82) is 0 Å². The van der Waals surface area contributed by atoms with E-state index in [-0.39, 0.29) is 11.9 Å². The van der Waals surface area contributed by atoms with Crippen molar-refractivity contribution in [1.82, 2.24) is 4.98 Å². The van der Waals surface area contributed by atoms with E-state index in [0.717, 1.165) is 0 Å². The maximum Gasteiger partial charge on any atom is 0.573 e. The topological polar surface area (TPSA) is 48.4 Å². The lowest BCUT2D eigenvalue weighted by molar-refractivity contribution is -0.275. The minimum Gasteiger partial charge on any atom is -0.462 e. The molecule has 0 amide bonds. The van der Waals surface area contributed by atoms with Crippen LogP contribution in [0.15, 0.2) is 6.07 Å². The number of alkyl halides is 6. The number of carbonyl (C=O) groups is 1. The quantitative estimate of drug-likeness (QED) is 0.442. The van der Waals surface area contributed by atoms with Crippen LogP contribution in [0.25, 0.3) is 0 Å². The predicted octanol–water partition coefficient (Wildman–Crippen LogP) is 3.99. The zero-order valence-corrected chi connectivity index (χ0v) is 12.1. The summed E-state index contributed by atoms with van der Waals surface area (Å²) in [6.45, 7) is 1.28. The van der Waals surface area contributed by atoms with Crippen molar-refractivity contribution < 1.29 is 36.2 Å². The molecule has 0 aromatic carbocycles. The van der Waals surface area contributed by atoms with Crippen LogP contribution in [0.2, 0.25) is 0 Å². The van der Waals surface area contributed by atoms with E-state index in [4.69, 9.17) is 0 Å². The van der Waals surface area contributed by atoms with Gasteiger partial charge in [0.1, 0.15) is 11.3 Å². The van der Waals surface area contributed by atoms with E-state index in [1.807, 2.05) is 0 Å². The third kappa shape index (κ3) is 4.80. The zero-order valence-electron chi connectivity index (χ0n) is 10.5. The molecule has 21 heavy (non-hydrogen) atoms. The molecule has 0 bridgehead atoms. The molecule has 1 heterocycles. The summed E-state index contributed by atoms with van der Waals surface area (Å²) in [5, 5.41) is -0.314. The molecule has 0 unspecified atom stereocenters. The molecule has 10 heteroatoms. The Bertz CT molecular complexity index is 521. The van der Waals surface area contributed by atoms with Crippen LogP contribution in [-0.2, 0) is 10.1 Å². The molecule has 4 nitrogen and oxygen atoms in total. The molecule has 0 saturated carbocycles. The lowest BCUT2D eigenvalue weighted by atomic mass is 10.1. The molecule has 0 saturated heterocycles. The second kappa shape index (κ2) is 7.01. The second-order valence-electron chi connectivity index (χ2n) is 3.57. The number of ether oxygens (including phenoxy) is 2. The van der Waals surface area contributed by atoms with E-state index in [9.17, 15) is 26.7 Å². The van der Waals surface area contributed by atoms with Gasteiger partial charge in [-0.15, -0.1) is 13.2 Å². The highest BCUT2D eigenvalue weighted by molar-refractivity contribution is 9.08. The molecule has 0 radical (unpaired) electrons. The number of aromatic nitrogens is 1. The van der Waals surface area contributed by atoms with E-state index in [1.165, 1.54) is 6.92 Å². The van der Waals surface area contributed by atoms with E-state index in [0.29, 0.717) is 6.07 Å². The van der Waals surface area contributed by atoms with Crippen molar-refractivity contribution in [3.63, 3.8) is 0 Å². The lowest BCUT2D eigenvalue weighted by Gasteiger charge is -2.16. The van der Waals surface area contributed by atoms with Crippen LogP contribution in [0.1, 0.15) is 35.1 Å². The van der Waals surface area contributed by atoms with Crippen LogP contribution in [0, 0.1) is 0 Å². The first-order valence-electron chi connectivity index (χ1n) is 5.50. The van der Waals surface area contributed by atoms with Crippen LogP contribution < -0.4 is 4.74 Å². The Hall–Kier alpha value is -1.45. The number of esters is 1. The third-order valence-electron chi connectivity index (χ3n) is 2.13. The lowest BCUT2D eigenvalue weighted by Crippen LogP contribution is -2.21. The van der Waals surface area contributed by atoms with Gasteiger partial charge in [-0.2, -0.15) is 0 Å². The Balaban J connectivity index is 3.45. The maximum absolute atomic E-state index is 12.7. The van der Waals surface area contributed by atoms with Crippen molar-refractivity contribution in [2.45, 2.75) is 25.0 Å². The summed E-state index contributed by atoms with van der Waals surface area (Å²) >= 11 is 2.81. The highest BCUT2D eigenvalue weighted by Gasteiger charge is 2.35. The Kier molecular flexibility index (Phi) is 5.87. The molecular weight excluding hydrogens is 369 g/mol. The Morgan fingerprint density at radius 2 is 2.05 bits per heavy atom. The fourth-order valence-electron chi connectivity index (χ4n) is 1.40. The van der Waals surface area contributed by atoms with Gasteiger partial charge >= 0.3 is 12.3 Å². The number of rotatable bonds is 5. The van der Waals surface area contributed by atoms with Gasteiger partial charge in [0.05, 0.1) is 12.3 Å². The first-order valence-corrected chi connectivity index (χ1v) is 6.62. The molecule has 1 rings (SSSR count). The molecule has 0 spiro atoms. The van der Waals surface area contributed by atoms with Crippen molar-refractivity contribution in [3.05, 3.63) is 23.0 Å². The number of halogens is 6. The molecule has 0 fully saturated rings. The van der Waals surface area contributed by atoms with Gasteiger partial charge in [0.15, 0.2) is 5.75 Å². The first-order chi connectivity index (χ1) is 9.69. The smallest absolute Gasteiger partial charge is 0.462 e. The van der Waals surface area contributed by atoms with Gasteiger partial charge in [-0.05, 0) is 13.0 Å². The Morgan fingerprint density at radius 1 is 1.43 bits per heavy atom. The molecule has 0 aliphatic rings.